The summed E-state index contributed by atoms with van der Waals surface area (Å²) in [5, 5.41) is 0. The Bertz CT molecular complexity index is 797. The molecule has 0 radical (unpaired) electrons. The molecule has 0 atom stereocenters. The second-order valence-electron chi connectivity index (χ2n) is 9.38. The molecule has 3 nitrogen and oxygen atoms in total. The lowest BCUT2D eigenvalue weighted by molar-refractivity contribution is -0.150. The largest absolute Gasteiger partial charge is 0.465 e. The fraction of sp³-hybridized carbons (Fsp3) is 0.536. The number of esters is 1. The summed E-state index contributed by atoms with van der Waals surface area (Å²) >= 11 is 0. The minimum absolute atomic E-state index is 0. The Hall–Kier alpha value is -1.84. The van der Waals surface area contributed by atoms with Gasteiger partial charge in [-0.1, -0.05) is 73.5 Å². The normalized spacial score (nSPS) is 18.8. The molecule has 4 rings (SSSR count). The third-order valence-electron chi connectivity index (χ3n) is 7.38. The minimum atomic E-state index is -0.398. The summed E-state index contributed by atoms with van der Waals surface area (Å²) in [5.41, 5.74) is 2.24. The number of piperidine rings is 1. The van der Waals surface area contributed by atoms with Gasteiger partial charge in [0.15, 0.2) is 0 Å². The summed E-state index contributed by atoms with van der Waals surface area (Å²) in [7, 11) is 0. The van der Waals surface area contributed by atoms with E-state index >= 15 is 0 Å². The van der Waals surface area contributed by atoms with Crippen molar-refractivity contribution in [2.24, 2.45) is 0 Å². The summed E-state index contributed by atoms with van der Waals surface area (Å²) in [6.45, 7) is 4.13. The van der Waals surface area contributed by atoms with Crippen molar-refractivity contribution in [3.63, 3.8) is 0 Å². The van der Waals surface area contributed by atoms with Crippen LogP contribution in [-0.4, -0.2) is 37.1 Å². The number of halogens is 1. The number of carbonyl (C=O) groups excluding carboxylic acids is 1. The molecular formula is C28H38ClNO2. The van der Waals surface area contributed by atoms with Gasteiger partial charge in [0.2, 0.25) is 0 Å². The number of hydrogen-bond donors (Lipinski definition) is 0. The highest BCUT2D eigenvalue weighted by Crippen LogP contribution is 2.42. The van der Waals surface area contributed by atoms with Crippen molar-refractivity contribution in [1.29, 1.82) is 0 Å². The molecule has 1 aliphatic carbocycles. The van der Waals surface area contributed by atoms with Gasteiger partial charge in [-0.25, -0.2) is 0 Å². The van der Waals surface area contributed by atoms with Gasteiger partial charge in [0.1, 0.15) is 0 Å². The van der Waals surface area contributed by atoms with Crippen molar-refractivity contribution in [3.05, 3.63) is 71.8 Å². The fourth-order valence-electron chi connectivity index (χ4n) is 5.48. The quantitative estimate of drug-likeness (QED) is 0.318. The summed E-state index contributed by atoms with van der Waals surface area (Å²) in [6, 6.07) is 21.2. The summed E-state index contributed by atoms with van der Waals surface area (Å²) in [4.78, 5) is 15.6. The molecule has 174 valence electrons. The van der Waals surface area contributed by atoms with E-state index < -0.39 is 5.41 Å². The molecule has 0 amide bonds. The average molecular weight is 456 g/mol. The van der Waals surface area contributed by atoms with Crippen LogP contribution in [0.3, 0.4) is 0 Å². The van der Waals surface area contributed by atoms with Crippen LogP contribution in [0.15, 0.2) is 60.7 Å². The van der Waals surface area contributed by atoms with Crippen molar-refractivity contribution in [1.82, 2.24) is 4.90 Å². The lowest BCUT2D eigenvalue weighted by Crippen LogP contribution is -2.35. The standard InChI is InChI=1S/C28H37NO2.ClH/c30-27(28(18-8-9-19-28)26-14-6-2-7-15-26)31-23-11-3-10-20-29-21-16-25(17-22-29)24-12-4-1-5-13-24;/h1-2,4-7,12-15,25H,3,8-11,16-23H2;1H. The molecule has 2 fully saturated rings. The maximum absolute atomic E-state index is 13.0. The minimum Gasteiger partial charge on any atom is -0.465 e. The van der Waals surface area contributed by atoms with E-state index in [1.165, 1.54) is 44.5 Å². The van der Waals surface area contributed by atoms with Gasteiger partial charge in [0.05, 0.1) is 12.0 Å². The summed E-state index contributed by atoms with van der Waals surface area (Å²) < 4.78 is 5.79. The van der Waals surface area contributed by atoms with E-state index in [-0.39, 0.29) is 18.4 Å². The molecule has 32 heavy (non-hydrogen) atoms. The van der Waals surface area contributed by atoms with Crippen LogP contribution >= 0.6 is 12.4 Å². The van der Waals surface area contributed by atoms with E-state index in [2.05, 4.69) is 47.4 Å². The van der Waals surface area contributed by atoms with Gasteiger partial charge in [-0.2, -0.15) is 0 Å². The van der Waals surface area contributed by atoms with Crippen LogP contribution < -0.4 is 0 Å². The number of hydrogen-bond acceptors (Lipinski definition) is 3. The highest BCUT2D eigenvalue weighted by atomic mass is 35.5. The average Bonchev–Trinajstić information content (AvgIpc) is 3.34. The van der Waals surface area contributed by atoms with Gasteiger partial charge < -0.3 is 9.64 Å². The molecule has 0 aromatic heterocycles. The van der Waals surface area contributed by atoms with Crippen molar-refractivity contribution >= 4 is 18.4 Å². The van der Waals surface area contributed by atoms with Crippen molar-refractivity contribution in [2.45, 2.75) is 69.1 Å². The number of ether oxygens (including phenoxy) is 1. The third kappa shape index (κ3) is 6.14. The predicted octanol–water partition coefficient (Wildman–Crippen LogP) is 6.51. The van der Waals surface area contributed by atoms with Gasteiger partial charge in [-0.3, -0.25) is 4.79 Å². The Morgan fingerprint density at radius 3 is 2.16 bits per heavy atom. The van der Waals surface area contributed by atoms with Crippen molar-refractivity contribution < 1.29 is 9.53 Å². The predicted molar refractivity (Wildman–Crippen MR) is 134 cm³/mol. The molecule has 0 unspecified atom stereocenters. The molecule has 4 heteroatoms. The Labute approximate surface area is 200 Å². The SMILES string of the molecule is Cl.O=C(OCCCCCN1CCC(c2ccccc2)CC1)C1(c2ccccc2)CCCC1. The van der Waals surface area contributed by atoms with E-state index in [4.69, 9.17) is 4.74 Å². The lowest BCUT2D eigenvalue weighted by atomic mass is 9.79. The van der Waals surface area contributed by atoms with Crippen LogP contribution in [0.5, 0.6) is 0 Å². The fourth-order valence-corrected chi connectivity index (χ4v) is 5.48. The number of unbranched alkanes of at least 4 members (excludes halogenated alkanes) is 2. The third-order valence-corrected chi connectivity index (χ3v) is 7.38. The Balaban J connectivity index is 0.00000289. The van der Waals surface area contributed by atoms with Crippen LogP contribution in [0.25, 0.3) is 0 Å². The molecule has 1 saturated carbocycles. The monoisotopic (exact) mass is 455 g/mol. The van der Waals surface area contributed by atoms with Crippen LogP contribution in [-0.2, 0) is 14.9 Å². The molecule has 1 aliphatic heterocycles. The van der Waals surface area contributed by atoms with E-state index in [1.54, 1.807) is 0 Å². The smallest absolute Gasteiger partial charge is 0.316 e. The number of nitrogens with zero attached hydrogens (tertiary/aromatic N) is 1. The second-order valence-corrected chi connectivity index (χ2v) is 9.38. The van der Waals surface area contributed by atoms with Gasteiger partial charge in [-0.15, -0.1) is 12.4 Å². The van der Waals surface area contributed by atoms with Gasteiger partial charge >= 0.3 is 5.97 Å². The highest BCUT2D eigenvalue weighted by Gasteiger charge is 2.43. The molecular weight excluding hydrogens is 418 g/mol. The molecule has 2 aliphatic rings. The van der Waals surface area contributed by atoms with Crippen molar-refractivity contribution in [2.75, 3.05) is 26.2 Å². The van der Waals surface area contributed by atoms with Crippen molar-refractivity contribution in [3.8, 4) is 0 Å². The molecule has 2 aromatic rings. The molecule has 0 bridgehead atoms. The summed E-state index contributed by atoms with van der Waals surface area (Å²) in [5.74, 6) is 0.726. The van der Waals surface area contributed by atoms with E-state index in [0.29, 0.717) is 6.61 Å². The molecule has 1 heterocycles. The first-order chi connectivity index (χ1) is 15.3. The zero-order valence-electron chi connectivity index (χ0n) is 19.2. The maximum Gasteiger partial charge on any atom is 0.316 e. The highest BCUT2D eigenvalue weighted by molar-refractivity contribution is 5.85. The maximum atomic E-state index is 13.0. The van der Waals surface area contributed by atoms with E-state index in [9.17, 15) is 4.79 Å². The van der Waals surface area contributed by atoms with E-state index in [1.807, 2.05) is 18.2 Å². The first kappa shape index (κ1) is 24.8. The van der Waals surface area contributed by atoms with Crippen LogP contribution in [0.4, 0.5) is 0 Å². The zero-order chi connectivity index (χ0) is 21.4. The van der Waals surface area contributed by atoms with Crippen LogP contribution in [0.1, 0.15) is 74.8 Å². The van der Waals surface area contributed by atoms with Gasteiger partial charge in [0.25, 0.3) is 0 Å². The molecule has 0 N–H and O–H groups in total. The number of likely N-dealkylation sites (tertiary alicyclic amines) is 1. The molecule has 2 aromatic carbocycles. The van der Waals surface area contributed by atoms with Gasteiger partial charge in [-0.05, 0) is 81.6 Å². The summed E-state index contributed by atoms with van der Waals surface area (Å²) in [6.07, 6.45) is 9.91. The lowest BCUT2D eigenvalue weighted by Gasteiger charge is -2.32. The van der Waals surface area contributed by atoms with E-state index in [0.717, 1.165) is 50.0 Å². The molecule has 1 saturated heterocycles. The zero-order valence-corrected chi connectivity index (χ0v) is 20.0. The van der Waals surface area contributed by atoms with Crippen LogP contribution in [0.2, 0.25) is 0 Å². The Kier molecular flexibility index (Phi) is 9.62. The number of carbonyl (C=O) groups is 1. The first-order valence-corrected chi connectivity index (χ1v) is 12.3. The molecule has 0 spiro atoms. The first-order valence-electron chi connectivity index (χ1n) is 12.3. The topological polar surface area (TPSA) is 29.5 Å². The number of rotatable bonds is 9. The second kappa shape index (κ2) is 12.4. The number of benzene rings is 2. The van der Waals surface area contributed by atoms with Crippen LogP contribution in [0, 0.1) is 0 Å². The Morgan fingerprint density at radius 1 is 0.875 bits per heavy atom. The Morgan fingerprint density at radius 2 is 1.50 bits per heavy atom. The van der Waals surface area contributed by atoms with Gasteiger partial charge in [0, 0.05) is 0 Å².